The van der Waals surface area contributed by atoms with Crippen molar-refractivity contribution in [1.29, 1.82) is 0 Å². The maximum Gasteiger partial charge on any atom is 0.180 e. The second-order valence-electron chi connectivity index (χ2n) is 5.75. The van der Waals surface area contributed by atoms with Gasteiger partial charge in [0.05, 0.1) is 11.6 Å². The van der Waals surface area contributed by atoms with Gasteiger partial charge in [-0.3, -0.25) is 0 Å². The Morgan fingerprint density at radius 3 is 2.46 bits per heavy atom. The molecule has 0 bridgehead atoms. The van der Waals surface area contributed by atoms with Crippen molar-refractivity contribution in [2.24, 2.45) is 0 Å². The van der Waals surface area contributed by atoms with Crippen LogP contribution in [0.25, 0.3) is 0 Å². The molecule has 24 heavy (non-hydrogen) atoms. The molecular formula is C19H23Cl2NO2. The smallest absolute Gasteiger partial charge is 0.180 e. The molecule has 0 amide bonds. The van der Waals surface area contributed by atoms with Crippen LogP contribution in [-0.2, 0) is 13.2 Å². The second-order valence-corrected chi connectivity index (χ2v) is 6.57. The van der Waals surface area contributed by atoms with Crippen molar-refractivity contribution in [3.8, 4) is 11.5 Å². The Morgan fingerprint density at radius 2 is 1.79 bits per heavy atom. The van der Waals surface area contributed by atoms with Crippen LogP contribution in [0, 0.1) is 0 Å². The first-order valence-electron chi connectivity index (χ1n) is 8.06. The van der Waals surface area contributed by atoms with Gasteiger partial charge < -0.3 is 14.8 Å². The van der Waals surface area contributed by atoms with Gasteiger partial charge >= 0.3 is 0 Å². The average molecular weight is 368 g/mol. The third kappa shape index (κ3) is 5.30. The molecule has 130 valence electrons. The Morgan fingerprint density at radius 1 is 1.04 bits per heavy atom. The molecule has 2 aromatic rings. The molecule has 0 heterocycles. The standard InChI is InChI=1S/C19H23Cl2NO2/c1-4-23-18-10-14(11-22-13(2)3)9-17(21)19(18)24-12-15-7-5-6-8-16(15)20/h5-10,13,22H,4,11-12H2,1-3H3. The predicted octanol–water partition coefficient (Wildman–Crippen LogP) is 5.47. The fourth-order valence-electron chi connectivity index (χ4n) is 2.21. The summed E-state index contributed by atoms with van der Waals surface area (Å²) in [5.41, 5.74) is 1.96. The Bertz CT molecular complexity index is 674. The minimum atomic E-state index is 0.336. The van der Waals surface area contributed by atoms with Crippen LogP contribution >= 0.6 is 23.2 Å². The number of benzene rings is 2. The minimum absolute atomic E-state index is 0.336. The van der Waals surface area contributed by atoms with Crippen molar-refractivity contribution in [1.82, 2.24) is 5.32 Å². The van der Waals surface area contributed by atoms with Crippen molar-refractivity contribution in [3.63, 3.8) is 0 Å². The number of rotatable bonds is 8. The molecule has 0 saturated heterocycles. The maximum absolute atomic E-state index is 6.43. The largest absolute Gasteiger partial charge is 0.490 e. The van der Waals surface area contributed by atoms with Crippen LogP contribution < -0.4 is 14.8 Å². The molecule has 0 atom stereocenters. The SMILES string of the molecule is CCOc1cc(CNC(C)C)cc(Cl)c1OCc1ccccc1Cl. The molecule has 0 aliphatic heterocycles. The Labute approximate surface area is 153 Å². The van der Waals surface area contributed by atoms with Crippen molar-refractivity contribution < 1.29 is 9.47 Å². The van der Waals surface area contributed by atoms with Crippen LogP contribution in [0.5, 0.6) is 11.5 Å². The van der Waals surface area contributed by atoms with E-state index in [0.29, 0.717) is 40.8 Å². The first kappa shape index (κ1) is 18.9. The summed E-state index contributed by atoms with van der Waals surface area (Å²) in [6.45, 7) is 7.74. The summed E-state index contributed by atoms with van der Waals surface area (Å²) >= 11 is 12.6. The van der Waals surface area contributed by atoms with E-state index in [1.54, 1.807) is 0 Å². The van der Waals surface area contributed by atoms with E-state index in [9.17, 15) is 0 Å². The lowest BCUT2D eigenvalue weighted by atomic mass is 10.2. The van der Waals surface area contributed by atoms with Crippen molar-refractivity contribution >= 4 is 23.2 Å². The number of hydrogen-bond donors (Lipinski definition) is 1. The normalized spacial score (nSPS) is 10.9. The number of nitrogens with one attached hydrogen (secondary N) is 1. The monoisotopic (exact) mass is 367 g/mol. The van der Waals surface area contributed by atoms with Crippen LogP contribution in [-0.4, -0.2) is 12.6 Å². The molecule has 1 N–H and O–H groups in total. The number of halogens is 2. The van der Waals surface area contributed by atoms with E-state index in [4.69, 9.17) is 32.7 Å². The van der Waals surface area contributed by atoms with Gasteiger partial charge in [0.15, 0.2) is 11.5 Å². The highest BCUT2D eigenvalue weighted by atomic mass is 35.5. The van der Waals surface area contributed by atoms with Gasteiger partial charge in [-0.15, -0.1) is 0 Å². The highest BCUT2D eigenvalue weighted by molar-refractivity contribution is 6.32. The van der Waals surface area contributed by atoms with Gasteiger partial charge in [-0.25, -0.2) is 0 Å². The molecule has 0 radical (unpaired) electrons. The lowest BCUT2D eigenvalue weighted by Gasteiger charge is -2.16. The van der Waals surface area contributed by atoms with Gasteiger partial charge in [-0.2, -0.15) is 0 Å². The summed E-state index contributed by atoms with van der Waals surface area (Å²) in [6, 6.07) is 11.9. The first-order chi connectivity index (χ1) is 11.5. The summed E-state index contributed by atoms with van der Waals surface area (Å²) < 4.78 is 11.6. The lowest BCUT2D eigenvalue weighted by molar-refractivity contribution is 0.269. The number of hydrogen-bond acceptors (Lipinski definition) is 3. The molecule has 0 aromatic heterocycles. The quantitative estimate of drug-likeness (QED) is 0.670. The molecular weight excluding hydrogens is 345 g/mol. The van der Waals surface area contributed by atoms with Gasteiger partial charge in [-0.1, -0.05) is 55.2 Å². The molecule has 2 rings (SSSR count). The molecule has 3 nitrogen and oxygen atoms in total. The lowest BCUT2D eigenvalue weighted by Crippen LogP contribution is -2.21. The molecule has 0 saturated carbocycles. The summed E-state index contributed by atoms with van der Waals surface area (Å²) in [5.74, 6) is 1.20. The van der Waals surface area contributed by atoms with Crippen LogP contribution in [0.2, 0.25) is 10.0 Å². The van der Waals surface area contributed by atoms with E-state index >= 15 is 0 Å². The third-order valence-corrected chi connectivity index (χ3v) is 4.06. The average Bonchev–Trinajstić information content (AvgIpc) is 2.54. The fourth-order valence-corrected chi connectivity index (χ4v) is 2.69. The molecule has 0 spiro atoms. The van der Waals surface area contributed by atoms with Crippen LogP contribution in [0.4, 0.5) is 0 Å². The van der Waals surface area contributed by atoms with Crippen molar-refractivity contribution in [3.05, 3.63) is 57.6 Å². The van der Waals surface area contributed by atoms with E-state index in [2.05, 4.69) is 19.2 Å². The van der Waals surface area contributed by atoms with Crippen molar-refractivity contribution in [2.45, 2.75) is 40.0 Å². The maximum atomic E-state index is 6.43. The molecule has 0 fully saturated rings. The minimum Gasteiger partial charge on any atom is -0.490 e. The van der Waals surface area contributed by atoms with Gasteiger partial charge in [0, 0.05) is 23.2 Å². The van der Waals surface area contributed by atoms with E-state index in [-0.39, 0.29) is 0 Å². The van der Waals surface area contributed by atoms with Crippen LogP contribution in [0.1, 0.15) is 31.9 Å². The Hall–Kier alpha value is -1.42. The van der Waals surface area contributed by atoms with E-state index in [1.165, 1.54) is 0 Å². The number of ether oxygens (including phenoxy) is 2. The van der Waals surface area contributed by atoms with Crippen LogP contribution in [0.15, 0.2) is 36.4 Å². The second kappa shape index (κ2) is 9.16. The van der Waals surface area contributed by atoms with E-state index < -0.39 is 0 Å². The molecule has 0 unspecified atom stereocenters. The van der Waals surface area contributed by atoms with E-state index in [1.807, 2.05) is 43.3 Å². The Kier molecular flexibility index (Phi) is 7.22. The highest BCUT2D eigenvalue weighted by Gasteiger charge is 2.14. The fraction of sp³-hybridized carbons (Fsp3) is 0.368. The molecule has 5 heteroatoms. The Balaban J connectivity index is 2.19. The molecule has 0 aliphatic rings. The van der Waals surface area contributed by atoms with E-state index in [0.717, 1.165) is 17.7 Å². The zero-order valence-electron chi connectivity index (χ0n) is 14.2. The predicted molar refractivity (Wildman–Crippen MR) is 100 cm³/mol. The molecule has 2 aromatic carbocycles. The van der Waals surface area contributed by atoms with Gasteiger partial charge in [0.2, 0.25) is 0 Å². The molecule has 0 aliphatic carbocycles. The third-order valence-electron chi connectivity index (χ3n) is 3.41. The highest BCUT2D eigenvalue weighted by Crippen LogP contribution is 2.37. The summed E-state index contributed by atoms with van der Waals surface area (Å²) in [6.07, 6.45) is 0. The van der Waals surface area contributed by atoms with Gasteiger partial charge in [0.1, 0.15) is 6.61 Å². The zero-order valence-corrected chi connectivity index (χ0v) is 15.7. The zero-order chi connectivity index (χ0) is 17.5. The topological polar surface area (TPSA) is 30.5 Å². The first-order valence-corrected chi connectivity index (χ1v) is 8.81. The van der Waals surface area contributed by atoms with Gasteiger partial charge in [-0.05, 0) is 30.7 Å². The summed E-state index contributed by atoms with van der Waals surface area (Å²) in [7, 11) is 0. The summed E-state index contributed by atoms with van der Waals surface area (Å²) in [4.78, 5) is 0. The van der Waals surface area contributed by atoms with Crippen molar-refractivity contribution in [2.75, 3.05) is 6.61 Å². The van der Waals surface area contributed by atoms with Crippen LogP contribution in [0.3, 0.4) is 0 Å². The summed E-state index contributed by atoms with van der Waals surface area (Å²) in [5, 5.41) is 4.58. The van der Waals surface area contributed by atoms with Gasteiger partial charge in [0.25, 0.3) is 0 Å².